The van der Waals surface area contributed by atoms with E-state index in [1.54, 1.807) is 6.92 Å². The maximum atomic E-state index is 11.8. The first-order valence-corrected chi connectivity index (χ1v) is 6.93. The van der Waals surface area contributed by atoms with Gasteiger partial charge in [-0.05, 0) is 32.6 Å². The van der Waals surface area contributed by atoms with Crippen LogP contribution in [-0.4, -0.2) is 34.5 Å². The quantitative estimate of drug-likeness (QED) is 0.493. The number of ether oxygens (including phenoxy) is 1. The van der Waals surface area contributed by atoms with Crippen molar-refractivity contribution in [1.82, 2.24) is 0 Å². The molecule has 0 amide bonds. The Hall–Kier alpha value is -0.610. The Kier molecular flexibility index (Phi) is 8.20. The molecule has 0 spiro atoms. The van der Waals surface area contributed by atoms with Crippen molar-refractivity contribution in [3.8, 4) is 0 Å². The Morgan fingerprint density at radius 1 is 1.33 bits per heavy atom. The van der Waals surface area contributed by atoms with Crippen molar-refractivity contribution in [1.29, 1.82) is 0 Å². The summed E-state index contributed by atoms with van der Waals surface area (Å²) >= 11 is 0. The zero-order chi connectivity index (χ0) is 14.2. The number of rotatable bonds is 9. The number of carbonyl (C=O) groups is 1. The highest BCUT2D eigenvalue weighted by molar-refractivity contribution is 5.79. The molecular formula is C14H28O4. The second kappa shape index (κ2) is 8.48. The lowest BCUT2D eigenvalue weighted by Crippen LogP contribution is -2.44. The van der Waals surface area contributed by atoms with Gasteiger partial charge in [-0.2, -0.15) is 0 Å². The third kappa shape index (κ3) is 5.83. The van der Waals surface area contributed by atoms with Gasteiger partial charge in [-0.3, -0.25) is 0 Å². The number of hydrogen-bond donors (Lipinski definition) is 2. The Morgan fingerprint density at radius 3 is 2.39 bits per heavy atom. The van der Waals surface area contributed by atoms with Gasteiger partial charge in [0.25, 0.3) is 0 Å². The van der Waals surface area contributed by atoms with Gasteiger partial charge < -0.3 is 14.9 Å². The minimum absolute atomic E-state index is 0.0691. The Morgan fingerprint density at radius 2 is 1.94 bits per heavy atom. The zero-order valence-corrected chi connectivity index (χ0v) is 12.1. The number of unbranched alkanes of at least 4 members (excludes halogenated alkanes) is 2. The predicted molar refractivity (Wildman–Crippen MR) is 71.2 cm³/mol. The molecule has 4 heteroatoms. The van der Waals surface area contributed by atoms with Crippen molar-refractivity contribution >= 4 is 5.97 Å². The normalized spacial score (nSPS) is 17.9. The Balaban J connectivity index is 4.39. The average molecular weight is 260 g/mol. The first-order chi connectivity index (χ1) is 8.36. The summed E-state index contributed by atoms with van der Waals surface area (Å²) in [6.45, 7) is 7.07. The summed E-state index contributed by atoms with van der Waals surface area (Å²) in [7, 11) is 0. The smallest absolute Gasteiger partial charge is 0.338 e. The third-order valence-electron chi connectivity index (χ3n) is 3.31. The summed E-state index contributed by atoms with van der Waals surface area (Å²) in [6, 6.07) is 0. The molecule has 0 aromatic heterocycles. The van der Waals surface area contributed by atoms with Gasteiger partial charge in [0.2, 0.25) is 0 Å². The van der Waals surface area contributed by atoms with Crippen LogP contribution in [0.3, 0.4) is 0 Å². The second-order valence-electron chi connectivity index (χ2n) is 5.20. The number of aliphatic hydroxyl groups excluding tert-OH is 1. The molecule has 0 aromatic rings. The van der Waals surface area contributed by atoms with E-state index in [1.165, 1.54) is 6.92 Å². The summed E-state index contributed by atoms with van der Waals surface area (Å²) < 4.78 is 4.92. The fourth-order valence-corrected chi connectivity index (χ4v) is 2.03. The highest BCUT2D eigenvalue weighted by Gasteiger charge is 2.39. The Bertz CT molecular complexity index is 236. The van der Waals surface area contributed by atoms with Crippen LogP contribution in [0, 0.1) is 5.92 Å². The minimum Gasteiger partial charge on any atom is -0.461 e. The predicted octanol–water partition coefficient (Wildman–Crippen LogP) is 2.27. The molecule has 0 bridgehead atoms. The van der Waals surface area contributed by atoms with Crippen molar-refractivity contribution in [3.63, 3.8) is 0 Å². The molecule has 0 radical (unpaired) electrons. The Labute approximate surface area is 110 Å². The van der Waals surface area contributed by atoms with E-state index < -0.39 is 17.7 Å². The van der Waals surface area contributed by atoms with Crippen molar-refractivity contribution in [2.75, 3.05) is 6.61 Å². The molecule has 3 atom stereocenters. The molecule has 18 heavy (non-hydrogen) atoms. The monoisotopic (exact) mass is 260 g/mol. The van der Waals surface area contributed by atoms with Crippen LogP contribution in [0.5, 0.6) is 0 Å². The van der Waals surface area contributed by atoms with Gasteiger partial charge >= 0.3 is 5.97 Å². The maximum absolute atomic E-state index is 11.8. The van der Waals surface area contributed by atoms with E-state index in [4.69, 9.17) is 9.84 Å². The molecule has 0 fully saturated rings. The third-order valence-corrected chi connectivity index (χ3v) is 3.31. The van der Waals surface area contributed by atoms with Crippen LogP contribution < -0.4 is 0 Å². The van der Waals surface area contributed by atoms with Gasteiger partial charge in [0.05, 0.1) is 6.10 Å². The van der Waals surface area contributed by atoms with E-state index in [0.29, 0.717) is 0 Å². The van der Waals surface area contributed by atoms with Crippen molar-refractivity contribution in [3.05, 3.63) is 0 Å². The first kappa shape index (κ1) is 17.4. The molecule has 0 rings (SSSR count). The SMILES string of the molecule is CCCCCC(CC)C(C)(O)C(=O)OCC(C)O. The maximum Gasteiger partial charge on any atom is 0.338 e. The highest BCUT2D eigenvalue weighted by atomic mass is 16.6. The van der Waals surface area contributed by atoms with E-state index in [0.717, 1.165) is 32.1 Å². The standard InChI is InChI=1S/C14H28O4/c1-5-7-8-9-12(6-2)14(4,17)13(16)18-10-11(3)15/h11-12,15,17H,5-10H2,1-4H3. The van der Waals surface area contributed by atoms with Crippen LogP contribution in [0.1, 0.15) is 59.8 Å². The van der Waals surface area contributed by atoms with E-state index in [-0.39, 0.29) is 12.5 Å². The lowest BCUT2D eigenvalue weighted by atomic mass is 9.83. The number of hydrogen-bond acceptors (Lipinski definition) is 4. The molecule has 0 saturated carbocycles. The number of esters is 1. The van der Waals surface area contributed by atoms with Crippen LogP contribution in [0.2, 0.25) is 0 Å². The zero-order valence-electron chi connectivity index (χ0n) is 12.1. The fourth-order valence-electron chi connectivity index (χ4n) is 2.03. The molecule has 0 saturated heterocycles. The van der Waals surface area contributed by atoms with E-state index in [2.05, 4.69) is 6.92 Å². The number of carbonyl (C=O) groups excluding carboxylic acids is 1. The van der Waals surface area contributed by atoms with Gasteiger partial charge in [-0.1, -0.05) is 33.1 Å². The minimum atomic E-state index is -1.46. The van der Waals surface area contributed by atoms with E-state index >= 15 is 0 Å². The van der Waals surface area contributed by atoms with Crippen molar-refractivity contribution in [2.24, 2.45) is 5.92 Å². The van der Waals surface area contributed by atoms with E-state index in [9.17, 15) is 9.90 Å². The van der Waals surface area contributed by atoms with Gasteiger partial charge in [-0.15, -0.1) is 0 Å². The molecule has 0 heterocycles. The second-order valence-corrected chi connectivity index (χ2v) is 5.20. The first-order valence-electron chi connectivity index (χ1n) is 6.93. The molecule has 0 aromatic carbocycles. The summed E-state index contributed by atoms with van der Waals surface area (Å²) in [6.07, 6.45) is 4.08. The summed E-state index contributed by atoms with van der Waals surface area (Å²) in [5.41, 5.74) is -1.46. The lowest BCUT2D eigenvalue weighted by Gasteiger charge is -2.30. The molecule has 2 N–H and O–H groups in total. The lowest BCUT2D eigenvalue weighted by molar-refractivity contribution is -0.172. The summed E-state index contributed by atoms with van der Waals surface area (Å²) in [5.74, 6) is -0.725. The molecule has 4 nitrogen and oxygen atoms in total. The molecular weight excluding hydrogens is 232 g/mol. The van der Waals surface area contributed by atoms with Crippen LogP contribution >= 0.6 is 0 Å². The summed E-state index contributed by atoms with van der Waals surface area (Å²) in [5, 5.41) is 19.4. The van der Waals surface area contributed by atoms with E-state index in [1.807, 2.05) is 6.92 Å². The van der Waals surface area contributed by atoms with Crippen molar-refractivity contribution in [2.45, 2.75) is 71.5 Å². The molecule has 0 aliphatic carbocycles. The van der Waals surface area contributed by atoms with Gasteiger partial charge in [0.15, 0.2) is 5.60 Å². The van der Waals surface area contributed by atoms with Gasteiger partial charge in [-0.25, -0.2) is 4.79 Å². The fraction of sp³-hybridized carbons (Fsp3) is 0.929. The largest absolute Gasteiger partial charge is 0.461 e. The van der Waals surface area contributed by atoms with Crippen molar-refractivity contribution < 1.29 is 19.7 Å². The molecule has 0 aliphatic heterocycles. The average Bonchev–Trinajstić information content (AvgIpc) is 2.31. The molecule has 0 aliphatic rings. The number of aliphatic hydroxyl groups is 2. The topological polar surface area (TPSA) is 66.8 Å². The van der Waals surface area contributed by atoms with Gasteiger partial charge in [0, 0.05) is 0 Å². The summed E-state index contributed by atoms with van der Waals surface area (Å²) in [4.78, 5) is 11.8. The highest BCUT2D eigenvalue weighted by Crippen LogP contribution is 2.27. The van der Waals surface area contributed by atoms with Crippen LogP contribution in [0.25, 0.3) is 0 Å². The van der Waals surface area contributed by atoms with Gasteiger partial charge in [0.1, 0.15) is 6.61 Å². The molecule has 108 valence electrons. The van der Waals surface area contributed by atoms with Crippen LogP contribution in [0.4, 0.5) is 0 Å². The van der Waals surface area contributed by atoms with Crippen LogP contribution in [-0.2, 0) is 9.53 Å². The van der Waals surface area contributed by atoms with Crippen LogP contribution in [0.15, 0.2) is 0 Å². The molecule has 3 unspecified atom stereocenters.